The van der Waals surface area contributed by atoms with E-state index in [1.165, 1.54) is 11.9 Å². The van der Waals surface area contributed by atoms with Crippen molar-refractivity contribution in [2.45, 2.75) is 57.1 Å². The Kier molecular flexibility index (Phi) is 9.88. The van der Waals surface area contributed by atoms with E-state index < -0.39 is 28.5 Å². The van der Waals surface area contributed by atoms with Crippen LogP contribution in [0.4, 0.5) is 0 Å². The van der Waals surface area contributed by atoms with E-state index in [1.54, 1.807) is 37.4 Å². The molecule has 2 amide bonds. The standard InChI is InChI=1S/C29H37N3O5S/c1-6-21(3)30-29(34)27(7-2)32(19-22-12-15-25(37-5)16-13-22)28(33)20-31(4)38(35,36)26-17-14-23-10-8-9-11-24(23)18-26/h8-18,21,27H,6-7,19-20H2,1-5H3,(H,30,34)/t21-,27-/m0/s1. The fourth-order valence-corrected chi connectivity index (χ4v) is 5.32. The van der Waals surface area contributed by atoms with Crippen LogP contribution in [0.15, 0.2) is 71.6 Å². The highest BCUT2D eigenvalue weighted by atomic mass is 32.2. The quantitative estimate of drug-likeness (QED) is 0.372. The van der Waals surface area contributed by atoms with Crippen LogP contribution in [0.1, 0.15) is 39.2 Å². The summed E-state index contributed by atoms with van der Waals surface area (Å²) in [7, 11) is -0.992. The largest absolute Gasteiger partial charge is 0.497 e. The first kappa shape index (κ1) is 29.1. The van der Waals surface area contributed by atoms with Crippen molar-refractivity contribution in [3.8, 4) is 5.75 Å². The molecule has 0 aliphatic carbocycles. The predicted molar refractivity (Wildman–Crippen MR) is 149 cm³/mol. The number of rotatable bonds is 12. The van der Waals surface area contributed by atoms with Gasteiger partial charge in [0, 0.05) is 19.6 Å². The van der Waals surface area contributed by atoms with Crippen LogP contribution in [-0.4, -0.2) is 62.2 Å². The number of benzene rings is 3. The van der Waals surface area contributed by atoms with Gasteiger partial charge in [-0.2, -0.15) is 4.31 Å². The van der Waals surface area contributed by atoms with Crippen molar-refractivity contribution in [3.63, 3.8) is 0 Å². The Labute approximate surface area is 225 Å². The molecule has 38 heavy (non-hydrogen) atoms. The molecule has 0 aliphatic rings. The van der Waals surface area contributed by atoms with E-state index in [1.807, 2.05) is 57.2 Å². The molecule has 0 aliphatic heterocycles. The van der Waals surface area contributed by atoms with Crippen LogP contribution in [-0.2, 0) is 26.2 Å². The highest BCUT2D eigenvalue weighted by molar-refractivity contribution is 7.89. The second-order valence-corrected chi connectivity index (χ2v) is 11.4. The van der Waals surface area contributed by atoms with Crippen LogP contribution in [0.2, 0.25) is 0 Å². The van der Waals surface area contributed by atoms with E-state index in [4.69, 9.17) is 4.74 Å². The minimum atomic E-state index is -3.95. The SMILES string of the molecule is CC[C@H](C)NC(=O)[C@H](CC)N(Cc1ccc(OC)cc1)C(=O)CN(C)S(=O)(=O)c1ccc2ccccc2c1. The Morgan fingerprint density at radius 3 is 2.21 bits per heavy atom. The van der Waals surface area contributed by atoms with Gasteiger partial charge in [-0.25, -0.2) is 8.42 Å². The van der Waals surface area contributed by atoms with Gasteiger partial charge in [0.05, 0.1) is 18.6 Å². The van der Waals surface area contributed by atoms with Gasteiger partial charge in [-0.3, -0.25) is 9.59 Å². The van der Waals surface area contributed by atoms with Gasteiger partial charge in [-0.15, -0.1) is 0 Å². The molecule has 3 aromatic carbocycles. The van der Waals surface area contributed by atoms with Gasteiger partial charge >= 0.3 is 0 Å². The molecule has 0 saturated heterocycles. The molecule has 0 radical (unpaired) electrons. The zero-order chi connectivity index (χ0) is 27.9. The van der Waals surface area contributed by atoms with Crippen LogP contribution >= 0.6 is 0 Å². The Hall–Kier alpha value is -3.43. The summed E-state index contributed by atoms with van der Waals surface area (Å²) in [5.74, 6) is -0.0445. The minimum absolute atomic E-state index is 0.0505. The van der Waals surface area contributed by atoms with E-state index in [-0.39, 0.29) is 23.4 Å². The van der Waals surface area contributed by atoms with Crippen molar-refractivity contribution in [2.24, 2.45) is 0 Å². The minimum Gasteiger partial charge on any atom is -0.497 e. The number of hydrogen-bond acceptors (Lipinski definition) is 5. The molecule has 0 aromatic heterocycles. The lowest BCUT2D eigenvalue weighted by Gasteiger charge is -2.32. The molecule has 8 nitrogen and oxygen atoms in total. The average Bonchev–Trinajstić information content (AvgIpc) is 2.92. The Morgan fingerprint density at radius 2 is 1.61 bits per heavy atom. The number of likely N-dealkylation sites (N-methyl/N-ethyl adjacent to an activating group) is 1. The van der Waals surface area contributed by atoms with Gasteiger partial charge in [0.15, 0.2) is 0 Å². The van der Waals surface area contributed by atoms with E-state index in [0.717, 1.165) is 27.1 Å². The van der Waals surface area contributed by atoms with Crippen LogP contribution in [0.3, 0.4) is 0 Å². The van der Waals surface area contributed by atoms with Crippen LogP contribution < -0.4 is 10.1 Å². The van der Waals surface area contributed by atoms with Gasteiger partial charge in [0.2, 0.25) is 21.8 Å². The normalized spacial score (nSPS) is 13.2. The first-order chi connectivity index (χ1) is 18.1. The number of nitrogens with zero attached hydrogens (tertiary/aromatic N) is 2. The maximum atomic E-state index is 13.6. The van der Waals surface area contributed by atoms with E-state index in [2.05, 4.69) is 5.32 Å². The van der Waals surface area contributed by atoms with Crippen molar-refractivity contribution in [3.05, 3.63) is 72.3 Å². The summed E-state index contributed by atoms with van der Waals surface area (Å²) >= 11 is 0. The summed E-state index contributed by atoms with van der Waals surface area (Å²) in [4.78, 5) is 28.4. The monoisotopic (exact) mass is 539 g/mol. The topological polar surface area (TPSA) is 96.0 Å². The second kappa shape index (κ2) is 12.9. The third-order valence-electron chi connectivity index (χ3n) is 6.69. The third kappa shape index (κ3) is 6.90. The van der Waals surface area contributed by atoms with Gasteiger partial charge in [-0.1, -0.05) is 56.3 Å². The maximum absolute atomic E-state index is 13.6. The molecule has 0 saturated carbocycles. The molecule has 0 spiro atoms. The number of methoxy groups -OCH3 is 1. The molecule has 0 heterocycles. The lowest BCUT2D eigenvalue weighted by molar-refractivity contribution is -0.141. The molecule has 0 unspecified atom stereocenters. The van der Waals surface area contributed by atoms with Crippen molar-refractivity contribution >= 4 is 32.6 Å². The lowest BCUT2D eigenvalue weighted by atomic mass is 10.1. The third-order valence-corrected chi connectivity index (χ3v) is 8.49. The van der Waals surface area contributed by atoms with Crippen LogP contribution in [0.25, 0.3) is 10.8 Å². The highest BCUT2D eigenvalue weighted by Gasteiger charge is 2.32. The highest BCUT2D eigenvalue weighted by Crippen LogP contribution is 2.22. The van der Waals surface area contributed by atoms with Gasteiger partial charge in [0.1, 0.15) is 11.8 Å². The molecular weight excluding hydrogens is 502 g/mol. The number of hydrogen-bond donors (Lipinski definition) is 1. The first-order valence-electron chi connectivity index (χ1n) is 12.8. The summed E-state index contributed by atoms with van der Waals surface area (Å²) < 4.78 is 33.0. The fourth-order valence-electron chi connectivity index (χ4n) is 4.16. The molecule has 3 rings (SSSR count). The molecular formula is C29H37N3O5S. The average molecular weight is 540 g/mol. The van der Waals surface area contributed by atoms with Gasteiger partial charge in [0.25, 0.3) is 0 Å². The molecule has 0 bridgehead atoms. The zero-order valence-corrected chi connectivity index (χ0v) is 23.5. The van der Waals surface area contributed by atoms with Gasteiger partial charge < -0.3 is 15.0 Å². The van der Waals surface area contributed by atoms with Crippen molar-refractivity contribution in [1.82, 2.24) is 14.5 Å². The summed E-state index contributed by atoms with van der Waals surface area (Å²) in [6, 6.07) is 18.8. The number of amides is 2. The maximum Gasteiger partial charge on any atom is 0.243 e. The number of sulfonamides is 1. The molecule has 1 N–H and O–H groups in total. The second-order valence-electron chi connectivity index (χ2n) is 9.38. The summed E-state index contributed by atoms with van der Waals surface area (Å²) in [5, 5.41) is 4.68. The Bertz CT molecular complexity index is 1360. The number of carbonyl (C=O) groups excluding carboxylic acids is 2. The predicted octanol–water partition coefficient (Wildman–Crippen LogP) is 4.19. The first-order valence-corrected chi connectivity index (χ1v) is 14.2. The molecule has 2 atom stereocenters. The van der Waals surface area contributed by atoms with Crippen molar-refractivity contribution in [2.75, 3.05) is 20.7 Å². The Balaban J connectivity index is 1.88. The zero-order valence-electron chi connectivity index (χ0n) is 22.7. The summed E-state index contributed by atoms with van der Waals surface area (Å²) in [6.45, 7) is 5.46. The van der Waals surface area contributed by atoms with E-state index >= 15 is 0 Å². The van der Waals surface area contributed by atoms with Crippen molar-refractivity contribution < 1.29 is 22.7 Å². The summed E-state index contributed by atoms with van der Waals surface area (Å²) in [6.07, 6.45) is 1.13. The molecule has 3 aromatic rings. The van der Waals surface area contributed by atoms with Crippen LogP contribution in [0, 0.1) is 0 Å². The number of fused-ring (bicyclic) bond motifs is 1. The fraction of sp³-hybridized carbons (Fsp3) is 0.379. The molecule has 0 fully saturated rings. The van der Waals surface area contributed by atoms with Crippen LogP contribution in [0.5, 0.6) is 5.75 Å². The number of carbonyl (C=O) groups is 2. The molecule has 9 heteroatoms. The Morgan fingerprint density at radius 1 is 0.947 bits per heavy atom. The van der Waals surface area contributed by atoms with E-state index in [0.29, 0.717) is 12.2 Å². The lowest BCUT2D eigenvalue weighted by Crippen LogP contribution is -2.53. The number of nitrogens with one attached hydrogen (secondary N) is 1. The van der Waals surface area contributed by atoms with Gasteiger partial charge in [-0.05, 0) is 60.4 Å². The van der Waals surface area contributed by atoms with E-state index in [9.17, 15) is 18.0 Å². The smallest absolute Gasteiger partial charge is 0.243 e. The number of ether oxygens (including phenoxy) is 1. The summed E-state index contributed by atoms with van der Waals surface area (Å²) in [5.41, 5.74) is 0.800. The van der Waals surface area contributed by atoms with Crippen molar-refractivity contribution in [1.29, 1.82) is 0 Å². The molecule has 204 valence electrons.